The second-order valence-corrected chi connectivity index (χ2v) is 6.23. The topological polar surface area (TPSA) is 29.3 Å². The molecule has 0 bridgehead atoms. The van der Waals surface area contributed by atoms with Gasteiger partial charge in [-0.25, -0.2) is 4.39 Å². The normalized spacial score (nSPS) is 23.2. The van der Waals surface area contributed by atoms with Crippen molar-refractivity contribution < 1.29 is 4.39 Å². The Morgan fingerprint density at radius 1 is 1.35 bits per heavy atom. The van der Waals surface area contributed by atoms with E-state index in [0.717, 1.165) is 18.5 Å². The molecule has 3 heteroatoms. The van der Waals surface area contributed by atoms with Crippen LogP contribution in [0.1, 0.15) is 51.6 Å². The monoisotopic (exact) mass is 278 g/mol. The van der Waals surface area contributed by atoms with Crippen molar-refractivity contribution in [2.75, 3.05) is 6.54 Å². The van der Waals surface area contributed by atoms with E-state index in [-0.39, 0.29) is 17.9 Å². The molecule has 0 saturated carbocycles. The lowest BCUT2D eigenvalue weighted by Crippen LogP contribution is -2.45. The lowest BCUT2D eigenvalue weighted by Gasteiger charge is -2.38. The molecular formula is C17H27FN2. The van der Waals surface area contributed by atoms with E-state index in [2.05, 4.69) is 25.7 Å². The van der Waals surface area contributed by atoms with Crippen LogP contribution in [-0.2, 0) is 0 Å². The van der Waals surface area contributed by atoms with E-state index in [1.165, 1.54) is 12.8 Å². The number of rotatable bonds is 5. The van der Waals surface area contributed by atoms with Crippen molar-refractivity contribution in [1.82, 2.24) is 4.90 Å². The third kappa shape index (κ3) is 3.04. The van der Waals surface area contributed by atoms with Crippen molar-refractivity contribution in [3.63, 3.8) is 0 Å². The number of benzene rings is 1. The average Bonchev–Trinajstić information content (AvgIpc) is 2.90. The second-order valence-electron chi connectivity index (χ2n) is 6.23. The first-order valence-corrected chi connectivity index (χ1v) is 7.82. The lowest BCUT2D eigenvalue weighted by molar-refractivity contribution is 0.122. The van der Waals surface area contributed by atoms with Crippen LogP contribution in [0.4, 0.5) is 4.39 Å². The molecule has 1 aliphatic rings. The van der Waals surface area contributed by atoms with Crippen molar-refractivity contribution in [2.24, 2.45) is 11.7 Å². The van der Waals surface area contributed by atoms with Gasteiger partial charge in [0.25, 0.3) is 0 Å². The summed E-state index contributed by atoms with van der Waals surface area (Å²) in [5.74, 6) is 0.451. The first kappa shape index (κ1) is 15.5. The minimum absolute atomic E-state index is 0.00361. The Morgan fingerprint density at radius 3 is 2.65 bits per heavy atom. The van der Waals surface area contributed by atoms with Gasteiger partial charge < -0.3 is 5.73 Å². The molecule has 112 valence electrons. The van der Waals surface area contributed by atoms with Crippen LogP contribution in [0, 0.1) is 11.7 Å². The van der Waals surface area contributed by atoms with Gasteiger partial charge in [0.1, 0.15) is 5.82 Å². The van der Waals surface area contributed by atoms with Gasteiger partial charge in [0.15, 0.2) is 0 Å². The van der Waals surface area contributed by atoms with Crippen LogP contribution in [0.3, 0.4) is 0 Å². The van der Waals surface area contributed by atoms with Gasteiger partial charge in [-0.15, -0.1) is 0 Å². The standard InChI is InChI=1S/C17H27FN2/c1-4-15(19)17(13-8-5-6-9-14(13)18)20-11-7-10-16(20)12(2)3/h5-6,8-9,12,15-17H,4,7,10-11,19H2,1-3H3. The van der Waals surface area contributed by atoms with Crippen molar-refractivity contribution in [1.29, 1.82) is 0 Å². The van der Waals surface area contributed by atoms with E-state index in [0.29, 0.717) is 12.0 Å². The van der Waals surface area contributed by atoms with Crippen molar-refractivity contribution in [3.05, 3.63) is 35.6 Å². The zero-order valence-corrected chi connectivity index (χ0v) is 12.8. The summed E-state index contributed by atoms with van der Waals surface area (Å²) in [5, 5.41) is 0. The lowest BCUT2D eigenvalue weighted by atomic mass is 9.93. The van der Waals surface area contributed by atoms with E-state index in [9.17, 15) is 4.39 Å². The minimum atomic E-state index is -0.129. The van der Waals surface area contributed by atoms with Crippen LogP contribution in [0.2, 0.25) is 0 Å². The maximum Gasteiger partial charge on any atom is 0.128 e. The third-order valence-corrected chi connectivity index (χ3v) is 4.57. The SMILES string of the molecule is CCC(N)C(c1ccccc1F)N1CCCC1C(C)C. The summed E-state index contributed by atoms with van der Waals surface area (Å²) >= 11 is 0. The summed E-state index contributed by atoms with van der Waals surface area (Å²) in [6.07, 6.45) is 3.24. The number of likely N-dealkylation sites (tertiary alicyclic amines) is 1. The van der Waals surface area contributed by atoms with Crippen LogP contribution in [0.5, 0.6) is 0 Å². The van der Waals surface area contributed by atoms with Crippen LogP contribution in [0.15, 0.2) is 24.3 Å². The summed E-state index contributed by atoms with van der Waals surface area (Å²) in [7, 11) is 0. The Hall–Kier alpha value is -0.930. The zero-order chi connectivity index (χ0) is 14.7. The third-order valence-electron chi connectivity index (χ3n) is 4.57. The molecule has 1 aliphatic heterocycles. The minimum Gasteiger partial charge on any atom is -0.326 e. The number of nitrogens with zero attached hydrogens (tertiary/aromatic N) is 1. The van der Waals surface area contributed by atoms with E-state index in [4.69, 9.17) is 5.73 Å². The fourth-order valence-corrected chi connectivity index (χ4v) is 3.47. The summed E-state index contributed by atoms with van der Waals surface area (Å²) in [4.78, 5) is 2.44. The smallest absolute Gasteiger partial charge is 0.128 e. The molecule has 1 saturated heterocycles. The first-order chi connectivity index (χ1) is 9.56. The molecule has 1 heterocycles. The Kier molecular flexibility index (Phi) is 5.17. The quantitative estimate of drug-likeness (QED) is 0.889. The fourth-order valence-electron chi connectivity index (χ4n) is 3.47. The highest BCUT2D eigenvalue weighted by Gasteiger charge is 2.36. The maximum atomic E-state index is 14.2. The Morgan fingerprint density at radius 2 is 2.05 bits per heavy atom. The molecule has 1 fully saturated rings. The Labute approximate surface area is 122 Å². The van der Waals surface area contributed by atoms with Crippen LogP contribution < -0.4 is 5.73 Å². The van der Waals surface area contributed by atoms with Crippen LogP contribution in [-0.4, -0.2) is 23.5 Å². The molecule has 0 radical (unpaired) electrons. The number of halogens is 1. The summed E-state index contributed by atoms with van der Waals surface area (Å²) in [6.45, 7) is 7.60. The molecule has 3 unspecified atom stereocenters. The van der Waals surface area contributed by atoms with Gasteiger partial charge in [0.2, 0.25) is 0 Å². The van der Waals surface area contributed by atoms with Gasteiger partial charge in [-0.3, -0.25) is 4.90 Å². The summed E-state index contributed by atoms with van der Waals surface area (Å²) in [5.41, 5.74) is 7.11. The molecule has 0 aliphatic carbocycles. The maximum absolute atomic E-state index is 14.2. The van der Waals surface area contributed by atoms with Gasteiger partial charge in [0.05, 0.1) is 6.04 Å². The molecule has 0 amide bonds. The molecule has 2 nitrogen and oxygen atoms in total. The van der Waals surface area contributed by atoms with Crippen molar-refractivity contribution >= 4 is 0 Å². The van der Waals surface area contributed by atoms with Gasteiger partial charge in [-0.1, -0.05) is 39.0 Å². The highest BCUT2D eigenvalue weighted by atomic mass is 19.1. The largest absolute Gasteiger partial charge is 0.326 e. The van der Waals surface area contributed by atoms with Gasteiger partial charge in [-0.05, 0) is 37.8 Å². The second kappa shape index (κ2) is 6.68. The molecule has 1 aromatic rings. The van der Waals surface area contributed by atoms with Gasteiger partial charge >= 0.3 is 0 Å². The highest BCUT2D eigenvalue weighted by Crippen LogP contribution is 2.36. The summed E-state index contributed by atoms with van der Waals surface area (Å²) < 4.78 is 14.2. The molecule has 0 spiro atoms. The zero-order valence-electron chi connectivity index (χ0n) is 12.8. The predicted molar refractivity (Wildman–Crippen MR) is 82.0 cm³/mol. The van der Waals surface area contributed by atoms with Crippen molar-refractivity contribution in [3.8, 4) is 0 Å². The number of nitrogens with two attached hydrogens (primary N) is 1. The molecule has 20 heavy (non-hydrogen) atoms. The predicted octanol–water partition coefficient (Wildman–Crippen LogP) is 3.72. The molecule has 0 aromatic heterocycles. The van der Waals surface area contributed by atoms with Gasteiger partial charge in [0, 0.05) is 17.6 Å². The fraction of sp³-hybridized carbons (Fsp3) is 0.647. The van der Waals surface area contributed by atoms with E-state index >= 15 is 0 Å². The molecule has 2 N–H and O–H groups in total. The van der Waals surface area contributed by atoms with E-state index in [1.54, 1.807) is 12.1 Å². The van der Waals surface area contributed by atoms with E-state index < -0.39 is 0 Å². The first-order valence-electron chi connectivity index (χ1n) is 7.82. The molecule has 2 rings (SSSR count). The van der Waals surface area contributed by atoms with Crippen molar-refractivity contribution in [2.45, 2.75) is 58.2 Å². The van der Waals surface area contributed by atoms with Gasteiger partial charge in [-0.2, -0.15) is 0 Å². The highest BCUT2D eigenvalue weighted by molar-refractivity contribution is 5.23. The molecular weight excluding hydrogens is 251 g/mol. The van der Waals surface area contributed by atoms with E-state index in [1.807, 2.05) is 12.1 Å². The Balaban J connectivity index is 2.36. The van der Waals surface area contributed by atoms with Crippen LogP contribution >= 0.6 is 0 Å². The Bertz CT molecular complexity index is 433. The summed E-state index contributed by atoms with van der Waals surface area (Å²) in [6, 6.07) is 7.58. The van der Waals surface area contributed by atoms with Crippen LogP contribution in [0.25, 0.3) is 0 Å². The molecule has 1 aromatic carbocycles. The number of hydrogen-bond donors (Lipinski definition) is 1. The number of hydrogen-bond acceptors (Lipinski definition) is 2. The molecule has 3 atom stereocenters. The average molecular weight is 278 g/mol.